The number of carbonyl (C=O) groups excluding carboxylic acids is 1. The minimum Gasteiger partial charge on any atom is -0.480 e. The molecule has 0 fully saturated rings. The first-order chi connectivity index (χ1) is 7.63. The molecule has 0 heterocycles. The first-order valence-electron chi connectivity index (χ1n) is 4.87. The Morgan fingerprint density at radius 1 is 1.38 bits per heavy atom. The summed E-state index contributed by atoms with van der Waals surface area (Å²) in [7, 11) is 0. The van der Waals surface area contributed by atoms with Gasteiger partial charge >= 0.3 is 5.97 Å². The standard InChI is InChI=1S/C11H13NO4/c1-2-10(13)12-8-5-3-4-6-9(8)16-7-11(14)15/h3-6H,2,7H2,1H3,(H,12,13)(H,14,15). The van der Waals surface area contributed by atoms with Crippen LogP contribution in [0.4, 0.5) is 5.69 Å². The zero-order valence-corrected chi connectivity index (χ0v) is 8.90. The van der Waals surface area contributed by atoms with E-state index < -0.39 is 12.6 Å². The Labute approximate surface area is 93.0 Å². The predicted octanol–water partition coefficient (Wildman–Crippen LogP) is 1.50. The van der Waals surface area contributed by atoms with Gasteiger partial charge in [-0.05, 0) is 12.1 Å². The third-order valence-corrected chi connectivity index (χ3v) is 1.83. The van der Waals surface area contributed by atoms with Crippen molar-refractivity contribution in [2.24, 2.45) is 0 Å². The van der Waals surface area contributed by atoms with Crippen LogP contribution < -0.4 is 10.1 Å². The van der Waals surface area contributed by atoms with Gasteiger partial charge in [0.1, 0.15) is 5.75 Å². The van der Waals surface area contributed by atoms with Crippen LogP contribution in [0.25, 0.3) is 0 Å². The molecule has 1 rings (SSSR count). The maximum Gasteiger partial charge on any atom is 0.341 e. The molecule has 5 nitrogen and oxygen atoms in total. The normalized spacial score (nSPS) is 9.56. The lowest BCUT2D eigenvalue weighted by molar-refractivity contribution is -0.139. The minimum absolute atomic E-state index is 0.147. The summed E-state index contributed by atoms with van der Waals surface area (Å²) in [6.45, 7) is 1.30. The number of aliphatic carboxylic acids is 1. The van der Waals surface area contributed by atoms with Crippen LogP contribution in [0.5, 0.6) is 5.75 Å². The smallest absolute Gasteiger partial charge is 0.341 e. The molecule has 0 spiro atoms. The van der Waals surface area contributed by atoms with E-state index in [0.29, 0.717) is 17.9 Å². The summed E-state index contributed by atoms with van der Waals surface area (Å²) in [4.78, 5) is 21.5. The summed E-state index contributed by atoms with van der Waals surface area (Å²) in [6, 6.07) is 6.71. The fourth-order valence-corrected chi connectivity index (χ4v) is 1.07. The summed E-state index contributed by atoms with van der Waals surface area (Å²) in [5, 5.41) is 11.1. The molecular weight excluding hydrogens is 210 g/mol. The van der Waals surface area contributed by atoms with E-state index in [2.05, 4.69) is 5.32 Å². The third-order valence-electron chi connectivity index (χ3n) is 1.83. The number of ether oxygens (including phenoxy) is 1. The summed E-state index contributed by atoms with van der Waals surface area (Å²) in [6.07, 6.45) is 0.354. The molecular formula is C11H13NO4. The van der Waals surface area contributed by atoms with E-state index in [0.717, 1.165) is 0 Å². The van der Waals surface area contributed by atoms with Gasteiger partial charge in [0.05, 0.1) is 5.69 Å². The van der Waals surface area contributed by atoms with Gasteiger partial charge in [-0.25, -0.2) is 4.79 Å². The lowest BCUT2D eigenvalue weighted by atomic mass is 10.3. The van der Waals surface area contributed by atoms with E-state index in [1.807, 2.05) is 0 Å². The van der Waals surface area contributed by atoms with Crippen molar-refractivity contribution in [2.75, 3.05) is 11.9 Å². The SMILES string of the molecule is CCC(=O)Nc1ccccc1OCC(=O)O. The molecule has 0 unspecified atom stereocenters. The molecule has 5 heteroatoms. The molecule has 1 aromatic rings. The maximum absolute atomic E-state index is 11.2. The van der Waals surface area contributed by atoms with Gasteiger partial charge in [-0.3, -0.25) is 4.79 Å². The van der Waals surface area contributed by atoms with Crippen molar-refractivity contribution in [1.29, 1.82) is 0 Å². The van der Waals surface area contributed by atoms with Gasteiger partial charge in [0.2, 0.25) is 5.91 Å². The van der Waals surface area contributed by atoms with Crippen molar-refractivity contribution >= 4 is 17.6 Å². The first-order valence-corrected chi connectivity index (χ1v) is 4.87. The number of benzene rings is 1. The average molecular weight is 223 g/mol. The van der Waals surface area contributed by atoms with Crippen LogP contribution in [0.3, 0.4) is 0 Å². The molecule has 0 aliphatic carbocycles. The van der Waals surface area contributed by atoms with Crippen LogP contribution in [0.1, 0.15) is 13.3 Å². The number of para-hydroxylation sites is 2. The van der Waals surface area contributed by atoms with Gasteiger partial charge in [-0.2, -0.15) is 0 Å². The topological polar surface area (TPSA) is 75.6 Å². The van der Waals surface area contributed by atoms with E-state index in [4.69, 9.17) is 9.84 Å². The van der Waals surface area contributed by atoms with Crippen LogP contribution in [0, 0.1) is 0 Å². The largest absolute Gasteiger partial charge is 0.480 e. The van der Waals surface area contributed by atoms with E-state index in [1.54, 1.807) is 31.2 Å². The Balaban J connectivity index is 2.74. The van der Waals surface area contributed by atoms with Gasteiger partial charge in [0, 0.05) is 6.42 Å². The molecule has 1 aromatic carbocycles. The number of carboxylic acids is 1. The Kier molecular flexibility index (Phi) is 4.32. The van der Waals surface area contributed by atoms with Crippen molar-refractivity contribution in [3.8, 4) is 5.75 Å². The number of anilines is 1. The molecule has 0 radical (unpaired) electrons. The van der Waals surface area contributed by atoms with Crippen molar-refractivity contribution in [1.82, 2.24) is 0 Å². The fraction of sp³-hybridized carbons (Fsp3) is 0.273. The first kappa shape index (κ1) is 12.0. The highest BCUT2D eigenvalue weighted by atomic mass is 16.5. The van der Waals surface area contributed by atoms with Gasteiger partial charge < -0.3 is 15.2 Å². The van der Waals surface area contributed by atoms with Crippen LogP contribution in [0.15, 0.2) is 24.3 Å². The van der Waals surface area contributed by atoms with E-state index in [9.17, 15) is 9.59 Å². The van der Waals surface area contributed by atoms with Crippen LogP contribution in [0.2, 0.25) is 0 Å². The number of carbonyl (C=O) groups is 2. The summed E-state index contributed by atoms with van der Waals surface area (Å²) < 4.78 is 5.03. The minimum atomic E-state index is -1.06. The predicted molar refractivity (Wildman–Crippen MR) is 58.5 cm³/mol. The zero-order chi connectivity index (χ0) is 12.0. The van der Waals surface area contributed by atoms with Crippen LogP contribution in [-0.2, 0) is 9.59 Å². The zero-order valence-electron chi connectivity index (χ0n) is 8.90. The lowest BCUT2D eigenvalue weighted by Gasteiger charge is -2.10. The molecule has 2 N–H and O–H groups in total. The molecule has 0 bridgehead atoms. The van der Waals surface area contributed by atoms with Crippen molar-refractivity contribution in [3.05, 3.63) is 24.3 Å². The molecule has 0 saturated carbocycles. The molecule has 0 aromatic heterocycles. The molecule has 86 valence electrons. The maximum atomic E-state index is 11.2. The van der Waals surface area contributed by atoms with Gasteiger partial charge in [-0.1, -0.05) is 19.1 Å². The second-order valence-electron chi connectivity index (χ2n) is 3.08. The number of amides is 1. The summed E-state index contributed by atoms with van der Waals surface area (Å²) in [5.41, 5.74) is 0.482. The highest BCUT2D eigenvalue weighted by Crippen LogP contribution is 2.23. The Morgan fingerprint density at radius 2 is 2.06 bits per heavy atom. The molecule has 0 atom stereocenters. The monoisotopic (exact) mass is 223 g/mol. The van der Waals surface area contributed by atoms with E-state index in [1.165, 1.54) is 0 Å². The highest BCUT2D eigenvalue weighted by Gasteiger charge is 2.07. The Morgan fingerprint density at radius 3 is 2.69 bits per heavy atom. The molecule has 1 amide bonds. The lowest BCUT2D eigenvalue weighted by Crippen LogP contribution is -2.13. The Bertz CT molecular complexity index is 389. The highest BCUT2D eigenvalue weighted by molar-refractivity contribution is 5.92. The van der Waals surface area contributed by atoms with E-state index >= 15 is 0 Å². The molecule has 16 heavy (non-hydrogen) atoms. The number of rotatable bonds is 5. The number of hydrogen-bond acceptors (Lipinski definition) is 3. The van der Waals surface area contributed by atoms with Gasteiger partial charge in [0.15, 0.2) is 6.61 Å². The van der Waals surface area contributed by atoms with E-state index in [-0.39, 0.29) is 5.91 Å². The number of carboxylic acid groups (broad SMARTS) is 1. The summed E-state index contributed by atoms with van der Waals surface area (Å²) in [5.74, 6) is -0.852. The van der Waals surface area contributed by atoms with Gasteiger partial charge in [-0.15, -0.1) is 0 Å². The average Bonchev–Trinajstić information content (AvgIpc) is 2.27. The number of hydrogen-bond donors (Lipinski definition) is 2. The molecule has 0 aliphatic rings. The summed E-state index contributed by atoms with van der Waals surface area (Å²) >= 11 is 0. The molecule has 0 aliphatic heterocycles. The van der Waals surface area contributed by atoms with Crippen molar-refractivity contribution in [3.63, 3.8) is 0 Å². The quantitative estimate of drug-likeness (QED) is 0.793. The second kappa shape index (κ2) is 5.75. The number of nitrogens with one attached hydrogen (secondary N) is 1. The fourth-order valence-electron chi connectivity index (χ4n) is 1.07. The van der Waals surface area contributed by atoms with Crippen molar-refractivity contribution in [2.45, 2.75) is 13.3 Å². The second-order valence-corrected chi connectivity index (χ2v) is 3.08. The van der Waals surface area contributed by atoms with Crippen LogP contribution >= 0.6 is 0 Å². The van der Waals surface area contributed by atoms with Crippen molar-refractivity contribution < 1.29 is 19.4 Å². The Hall–Kier alpha value is -2.04. The van der Waals surface area contributed by atoms with Crippen LogP contribution in [-0.4, -0.2) is 23.6 Å². The molecule has 0 saturated heterocycles. The van der Waals surface area contributed by atoms with Gasteiger partial charge in [0.25, 0.3) is 0 Å². The third kappa shape index (κ3) is 3.61.